The molecular formula is C30H36N8. The third-order valence-corrected chi connectivity index (χ3v) is 6.74. The summed E-state index contributed by atoms with van der Waals surface area (Å²) in [5.74, 6) is 2.33. The maximum absolute atomic E-state index is 5.13. The normalized spacial score (nSPS) is 13.5. The Bertz CT molecular complexity index is 1230. The van der Waals surface area contributed by atoms with Crippen LogP contribution in [0.15, 0.2) is 84.9 Å². The van der Waals surface area contributed by atoms with Gasteiger partial charge in [-0.2, -0.15) is 0 Å². The van der Waals surface area contributed by atoms with Crippen molar-refractivity contribution < 1.29 is 0 Å². The second kappa shape index (κ2) is 12.5. The van der Waals surface area contributed by atoms with Crippen molar-refractivity contribution in [3.05, 3.63) is 96.1 Å². The molecule has 2 N–H and O–H groups in total. The van der Waals surface area contributed by atoms with Crippen molar-refractivity contribution in [1.82, 2.24) is 25.5 Å². The first-order chi connectivity index (χ1) is 18.7. The summed E-state index contributed by atoms with van der Waals surface area (Å²) in [5, 5.41) is 15.0. The third-order valence-electron chi connectivity index (χ3n) is 6.74. The van der Waals surface area contributed by atoms with Gasteiger partial charge in [-0.15, -0.1) is 10.2 Å². The first-order valence-corrected chi connectivity index (χ1v) is 13.3. The number of hydrazine groups is 1. The van der Waals surface area contributed by atoms with E-state index in [2.05, 4.69) is 117 Å². The second-order valence-electron chi connectivity index (χ2n) is 9.55. The van der Waals surface area contributed by atoms with Gasteiger partial charge in [0.25, 0.3) is 0 Å². The van der Waals surface area contributed by atoms with Crippen LogP contribution in [0.5, 0.6) is 0 Å². The van der Waals surface area contributed by atoms with E-state index < -0.39 is 0 Å². The summed E-state index contributed by atoms with van der Waals surface area (Å²) in [4.78, 5) is 9.75. The highest BCUT2D eigenvalue weighted by Crippen LogP contribution is 2.30. The lowest BCUT2D eigenvalue weighted by atomic mass is 10.1. The molecule has 4 aromatic rings. The monoisotopic (exact) mass is 508 g/mol. The predicted molar refractivity (Wildman–Crippen MR) is 155 cm³/mol. The fraction of sp³-hybridized carbons (Fsp3) is 0.300. The van der Waals surface area contributed by atoms with E-state index in [1.54, 1.807) is 0 Å². The van der Waals surface area contributed by atoms with Crippen LogP contribution in [-0.4, -0.2) is 60.0 Å². The summed E-state index contributed by atoms with van der Waals surface area (Å²) in [5.41, 5.74) is 7.78. The Balaban J connectivity index is 1.51. The first-order valence-electron chi connectivity index (χ1n) is 13.3. The Morgan fingerprint density at radius 1 is 0.816 bits per heavy atom. The molecule has 0 spiro atoms. The molecule has 38 heavy (non-hydrogen) atoms. The number of benzene rings is 3. The van der Waals surface area contributed by atoms with Gasteiger partial charge in [-0.1, -0.05) is 67.6 Å². The number of aromatic nitrogens is 3. The highest BCUT2D eigenvalue weighted by atomic mass is 15.5. The fourth-order valence-electron chi connectivity index (χ4n) is 4.53. The lowest BCUT2D eigenvalue weighted by Crippen LogP contribution is -2.44. The summed E-state index contributed by atoms with van der Waals surface area (Å²) in [6.45, 7) is 8.05. The lowest BCUT2D eigenvalue weighted by molar-refractivity contribution is 0.426. The van der Waals surface area contributed by atoms with Crippen LogP contribution < -0.4 is 20.5 Å². The van der Waals surface area contributed by atoms with Crippen molar-refractivity contribution in [1.29, 1.82) is 0 Å². The van der Waals surface area contributed by atoms with Gasteiger partial charge in [0.15, 0.2) is 17.5 Å². The molecule has 5 rings (SSSR count). The van der Waals surface area contributed by atoms with E-state index in [4.69, 9.17) is 10.1 Å². The molecule has 8 heteroatoms. The van der Waals surface area contributed by atoms with Gasteiger partial charge in [0, 0.05) is 64.1 Å². The number of nitrogens with zero attached hydrogens (tertiary/aromatic N) is 6. The highest BCUT2D eigenvalue weighted by Gasteiger charge is 2.23. The van der Waals surface area contributed by atoms with Crippen LogP contribution >= 0.6 is 0 Å². The zero-order chi connectivity index (χ0) is 26.2. The van der Waals surface area contributed by atoms with Gasteiger partial charge in [0.05, 0.1) is 0 Å². The van der Waals surface area contributed by atoms with Crippen molar-refractivity contribution in [2.45, 2.75) is 20.0 Å². The van der Waals surface area contributed by atoms with Gasteiger partial charge in [0.2, 0.25) is 0 Å². The number of nitrogens with one attached hydrogen (secondary N) is 2. The number of anilines is 3. The minimum Gasteiger partial charge on any atom is -0.351 e. The molecule has 8 nitrogen and oxygen atoms in total. The second-order valence-corrected chi connectivity index (χ2v) is 9.55. The number of hydrogen-bond acceptors (Lipinski definition) is 8. The van der Waals surface area contributed by atoms with E-state index in [0.29, 0.717) is 5.82 Å². The Hall–Kier alpha value is -4.01. The van der Waals surface area contributed by atoms with Gasteiger partial charge in [-0.25, -0.2) is 9.99 Å². The lowest BCUT2D eigenvalue weighted by Gasteiger charge is -2.33. The third kappa shape index (κ3) is 6.45. The van der Waals surface area contributed by atoms with Crippen molar-refractivity contribution in [2.75, 3.05) is 55.0 Å². The van der Waals surface area contributed by atoms with Crippen LogP contribution in [0.4, 0.5) is 17.3 Å². The van der Waals surface area contributed by atoms with Crippen LogP contribution in [-0.2, 0) is 13.1 Å². The molecule has 0 atom stereocenters. The van der Waals surface area contributed by atoms with Crippen LogP contribution in [0.3, 0.4) is 0 Å². The average molecular weight is 509 g/mol. The molecule has 1 aromatic heterocycles. The van der Waals surface area contributed by atoms with E-state index in [9.17, 15) is 0 Å². The maximum atomic E-state index is 5.13. The molecule has 2 heterocycles. The highest BCUT2D eigenvalue weighted by molar-refractivity contribution is 5.67. The molecule has 0 bridgehead atoms. The maximum Gasteiger partial charge on any atom is 0.195 e. The van der Waals surface area contributed by atoms with Crippen molar-refractivity contribution >= 4 is 17.3 Å². The average Bonchev–Trinajstić information content (AvgIpc) is 2.98. The molecule has 196 valence electrons. The summed E-state index contributed by atoms with van der Waals surface area (Å²) in [6, 6.07) is 29.3. The van der Waals surface area contributed by atoms with Gasteiger partial charge in [-0.05, 0) is 35.4 Å². The molecule has 0 radical (unpaired) electrons. The Morgan fingerprint density at radius 3 is 2.00 bits per heavy atom. The van der Waals surface area contributed by atoms with Crippen LogP contribution in [0, 0.1) is 0 Å². The molecular weight excluding hydrogens is 472 g/mol. The molecule has 0 aliphatic carbocycles. The van der Waals surface area contributed by atoms with Crippen molar-refractivity contribution in [2.24, 2.45) is 0 Å². The standard InChI is InChI=1S/C30H36N8/c1-3-36(2)35-27-16-14-26(15-17-27)28-32-29(37-20-18-31-19-21-37)30(34-33-28)38(22-24-10-6-4-7-11-24)23-25-12-8-5-9-13-25/h4-17,31,35H,3,18-23H2,1-2H3. The van der Waals surface area contributed by atoms with Gasteiger partial charge in [-0.3, -0.25) is 0 Å². The van der Waals surface area contributed by atoms with Gasteiger partial charge < -0.3 is 20.5 Å². The zero-order valence-corrected chi connectivity index (χ0v) is 22.2. The molecule has 1 saturated heterocycles. The summed E-state index contributed by atoms with van der Waals surface area (Å²) in [6.07, 6.45) is 0. The van der Waals surface area contributed by atoms with Gasteiger partial charge >= 0.3 is 0 Å². The minimum atomic E-state index is 0.636. The van der Waals surface area contributed by atoms with Crippen molar-refractivity contribution in [3.8, 4) is 11.4 Å². The Morgan fingerprint density at radius 2 is 1.42 bits per heavy atom. The van der Waals surface area contributed by atoms with Crippen LogP contribution in [0.2, 0.25) is 0 Å². The quantitative estimate of drug-likeness (QED) is 0.305. The fourth-order valence-corrected chi connectivity index (χ4v) is 4.53. The van der Waals surface area contributed by atoms with E-state index in [0.717, 1.165) is 68.7 Å². The minimum absolute atomic E-state index is 0.636. The summed E-state index contributed by atoms with van der Waals surface area (Å²) >= 11 is 0. The molecule has 3 aromatic carbocycles. The molecule has 0 unspecified atom stereocenters. The Labute approximate surface area is 225 Å². The SMILES string of the molecule is CCN(C)Nc1ccc(-c2nnc(N(Cc3ccccc3)Cc3ccccc3)c(N3CCNCC3)n2)cc1. The Kier molecular flexibility index (Phi) is 8.42. The number of piperazine rings is 1. The molecule has 0 amide bonds. The van der Waals surface area contributed by atoms with Gasteiger partial charge in [0.1, 0.15) is 0 Å². The summed E-state index contributed by atoms with van der Waals surface area (Å²) < 4.78 is 0. The number of rotatable bonds is 10. The first kappa shape index (κ1) is 25.6. The van der Waals surface area contributed by atoms with Crippen LogP contribution in [0.25, 0.3) is 11.4 Å². The van der Waals surface area contributed by atoms with Crippen LogP contribution in [0.1, 0.15) is 18.1 Å². The van der Waals surface area contributed by atoms with E-state index in [-0.39, 0.29) is 0 Å². The molecule has 1 aliphatic rings. The predicted octanol–water partition coefficient (Wildman–Crippen LogP) is 4.43. The zero-order valence-electron chi connectivity index (χ0n) is 22.2. The molecule has 1 aliphatic heterocycles. The summed E-state index contributed by atoms with van der Waals surface area (Å²) in [7, 11) is 2.02. The van der Waals surface area contributed by atoms with Crippen molar-refractivity contribution in [3.63, 3.8) is 0 Å². The smallest absolute Gasteiger partial charge is 0.195 e. The largest absolute Gasteiger partial charge is 0.351 e. The molecule has 0 saturated carbocycles. The van der Waals surface area contributed by atoms with E-state index in [1.807, 2.05) is 12.1 Å². The van der Waals surface area contributed by atoms with E-state index >= 15 is 0 Å². The van der Waals surface area contributed by atoms with E-state index in [1.165, 1.54) is 11.1 Å². The topological polar surface area (TPSA) is 72.5 Å². The molecule has 1 fully saturated rings. The number of hydrogen-bond donors (Lipinski definition) is 2.